The average Bonchev–Trinajstić information content (AvgIpc) is 3.75. The number of thiazole rings is 1. The number of benzene rings is 4. The second-order valence-corrected chi connectivity index (χ2v) is 19.7. The van der Waals surface area contributed by atoms with Gasteiger partial charge in [-0.1, -0.05) is 160 Å². The van der Waals surface area contributed by atoms with Gasteiger partial charge in [0.15, 0.2) is 29.0 Å². The van der Waals surface area contributed by atoms with Gasteiger partial charge in [-0.25, -0.2) is 19.7 Å². The molecule has 0 saturated heterocycles. The Morgan fingerprint density at radius 3 is 1.83 bits per heavy atom. The third-order valence-electron chi connectivity index (χ3n) is 9.06. The number of thioether (sulfide) groups is 1. The van der Waals surface area contributed by atoms with E-state index in [2.05, 4.69) is 15.0 Å². The number of anilines is 1. The van der Waals surface area contributed by atoms with E-state index in [0.29, 0.717) is 26.3 Å². The second-order valence-electron chi connectivity index (χ2n) is 13.1. The summed E-state index contributed by atoms with van der Waals surface area (Å²) in [6, 6.07) is 29.1. The Balaban J connectivity index is 1.22. The van der Waals surface area contributed by atoms with Gasteiger partial charge < -0.3 is 9.64 Å². The minimum Gasteiger partial charge on any atom is -0.460 e. The van der Waals surface area contributed by atoms with Crippen molar-refractivity contribution in [2.24, 2.45) is 0 Å². The Morgan fingerprint density at radius 2 is 1.30 bits per heavy atom. The number of halogens is 6. The number of fused-ring (bicyclic) bond motifs is 1. The van der Waals surface area contributed by atoms with Crippen LogP contribution in [0.1, 0.15) is 55.2 Å². The van der Waals surface area contributed by atoms with Crippen LogP contribution < -0.4 is 19.7 Å². The number of rotatable bonds is 10. The molecule has 0 amide bonds. The first-order valence-corrected chi connectivity index (χ1v) is 21.9. The molecule has 60 heavy (non-hydrogen) atoms. The van der Waals surface area contributed by atoms with E-state index in [0.717, 1.165) is 27.5 Å². The van der Waals surface area contributed by atoms with E-state index in [-0.39, 0.29) is 58.5 Å². The quantitative estimate of drug-likeness (QED) is 0.0569. The van der Waals surface area contributed by atoms with Crippen molar-refractivity contribution in [1.82, 2.24) is 19.5 Å². The number of hydrogen-bond donors (Lipinski definition) is 0. The number of hydrogen-bond acceptors (Lipinski definition) is 11. The number of carbonyl (C=O) groups excluding carboxylic acids is 3. The highest BCUT2D eigenvalue weighted by molar-refractivity contribution is 8.08. The van der Waals surface area contributed by atoms with Crippen LogP contribution in [0, 0.1) is 6.92 Å². The zero-order chi connectivity index (χ0) is 42.9. The van der Waals surface area contributed by atoms with Crippen LogP contribution in [-0.4, -0.2) is 50.2 Å². The van der Waals surface area contributed by atoms with Crippen molar-refractivity contribution in [3.05, 3.63) is 157 Å². The fraction of sp³-hybridized carbons (Fsp3) is 0.167. The molecule has 0 radical (unpaired) electrons. The maximum absolute atomic E-state index is 14.4. The van der Waals surface area contributed by atoms with E-state index in [1.165, 1.54) is 28.5 Å². The number of ketones is 2. The molecule has 4 aromatic carbocycles. The smallest absolute Gasteiger partial charge is 0.338 e. The zero-order valence-corrected chi connectivity index (χ0v) is 37.5. The summed E-state index contributed by atoms with van der Waals surface area (Å²) in [6.07, 6.45) is 0. The summed E-state index contributed by atoms with van der Waals surface area (Å²) in [4.78, 5) is 71.3. The lowest BCUT2D eigenvalue weighted by molar-refractivity contribution is 0.0517. The molecule has 306 valence electrons. The molecule has 0 saturated carbocycles. The van der Waals surface area contributed by atoms with Crippen molar-refractivity contribution < 1.29 is 19.1 Å². The fourth-order valence-electron chi connectivity index (χ4n) is 6.20. The first kappa shape index (κ1) is 43.8. The number of aryl methyl sites for hydroxylation is 1. The van der Waals surface area contributed by atoms with Gasteiger partial charge in [0.25, 0.3) is 5.56 Å². The van der Waals surface area contributed by atoms with E-state index in [1.54, 1.807) is 79.7 Å². The van der Waals surface area contributed by atoms with Gasteiger partial charge in [-0.15, -0.1) is 11.3 Å². The molecule has 1 aliphatic rings. The maximum atomic E-state index is 14.4. The largest absolute Gasteiger partial charge is 0.460 e. The van der Waals surface area contributed by atoms with Crippen molar-refractivity contribution in [3.63, 3.8) is 0 Å². The van der Waals surface area contributed by atoms with Gasteiger partial charge in [0.1, 0.15) is 26.4 Å². The molecule has 1 aliphatic heterocycles. The standard InChI is InChI=1S/C42H29Cl6N5O5S2/c1-3-52-35(56)33(60-36(52)30(31(54)24-10-6-4-7-11-24)32(55)25-12-8-5-9-13-25)37-53(28-19-14-23(2)22-29(28)59-37)20-21-58-38(57)27-17-15-26(16-18-27)34-49-39(41(43,44)45)51-40(50-34)42(46,47)48/h4-19,22H,3,20-21H2,1-2H3/b37-33+. The SMILES string of the molecule is CCn1c(=C(C(=O)c2ccccc2)C(=O)c2ccccc2)s/c(=C2/Sc3cc(C)ccc3N2CCOC(=O)c2ccc(-c3nc(C(Cl)(Cl)Cl)nc(C(Cl)(Cl)Cl)n3)cc2)c1=O. The van der Waals surface area contributed by atoms with Crippen molar-refractivity contribution >= 4 is 127 Å². The summed E-state index contributed by atoms with van der Waals surface area (Å²) >= 11 is 38.6. The highest BCUT2D eigenvalue weighted by Crippen LogP contribution is 2.46. The Morgan fingerprint density at radius 1 is 0.733 bits per heavy atom. The van der Waals surface area contributed by atoms with Gasteiger partial charge >= 0.3 is 5.97 Å². The molecule has 2 aromatic heterocycles. The molecule has 0 atom stereocenters. The van der Waals surface area contributed by atoms with E-state index in [9.17, 15) is 19.2 Å². The molecule has 0 unspecified atom stereocenters. The first-order valence-electron chi connectivity index (χ1n) is 18.0. The summed E-state index contributed by atoms with van der Waals surface area (Å²) in [5, 5.41) is 0.582. The van der Waals surface area contributed by atoms with E-state index in [1.807, 2.05) is 30.0 Å². The Hall–Kier alpha value is -4.24. The highest BCUT2D eigenvalue weighted by atomic mass is 35.6. The Kier molecular flexibility index (Phi) is 13.2. The normalized spacial score (nSPS) is 13.6. The summed E-state index contributed by atoms with van der Waals surface area (Å²) in [5.41, 5.74) is 2.63. The molecule has 7 rings (SSSR count). The van der Waals surface area contributed by atoms with Gasteiger partial charge in [0.05, 0.1) is 17.8 Å². The number of ether oxygens (including phenoxy) is 1. The number of alkyl halides is 6. The number of aromatic nitrogens is 4. The predicted octanol–water partition coefficient (Wildman–Crippen LogP) is 9.20. The van der Waals surface area contributed by atoms with Crippen LogP contribution in [0.15, 0.2) is 113 Å². The maximum Gasteiger partial charge on any atom is 0.338 e. The van der Waals surface area contributed by atoms with Gasteiger partial charge in [-0.2, -0.15) is 0 Å². The monoisotopic (exact) mass is 957 g/mol. The average molecular weight is 961 g/mol. The van der Waals surface area contributed by atoms with E-state index in [4.69, 9.17) is 74.3 Å². The number of Topliss-reactive ketones (excluding diaryl/α,β-unsaturated/α-hetero) is 2. The zero-order valence-electron chi connectivity index (χ0n) is 31.3. The van der Waals surface area contributed by atoms with Crippen LogP contribution in [0.2, 0.25) is 0 Å². The molecule has 0 bridgehead atoms. The molecular formula is C42H29Cl6N5O5S2. The molecule has 3 heterocycles. The molecule has 18 heteroatoms. The van der Waals surface area contributed by atoms with Gasteiger partial charge in [-0.05, 0) is 43.7 Å². The molecule has 0 fully saturated rings. The molecular weight excluding hydrogens is 931 g/mol. The second kappa shape index (κ2) is 18.0. The summed E-state index contributed by atoms with van der Waals surface area (Å²) in [6.45, 7) is 4.07. The Bertz CT molecular complexity index is 2740. The number of nitrogens with zero attached hydrogens (tertiary/aromatic N) is 5. The molecule has 0 N–H and O–H groups in total. The van der Waals surface area contributed by atoms with E-state index >= 15 is 0 Å². The van der Waals surface area contributed by atoms with Crippen molar-refractivity contribution in [1.29, 1.82) is 0 Å². The Labute approximate surface area is 381 Å². The highest BCUT2D eigenvalue weighted by Gasteiger charge is 2.34. The fourth-order valence-corrected chi connectivity index (χ4v) is 9.37. The van der Waals surface area contributed by atoms with E-state index < -0.39 is 25.1 Å². The molecule has 6 aromatic rings. The van der Waals surface area contributed by atoms with Gasteiger partial charge in [0.2, 0.25) is 7.59 Å². The molecule has 0 spiro atoms. The number of esters is 1. The number of carbonyl (C=O) groups is 3. The summed E-state index contributed by atoms with van der Waals surface area (Å²) in [5.74, 6) is -2.09. The van der Waals surface area contributed by atoms with Crippen molar-refractivity contribution in [2.45, 2.75) is 32.9 Å². The van der Waals surface area contributed by atoms with Crippen LogP contribution in [0.4, 0.5) is 5.69 Å². The topological polar surface area (TPSA) is 124 Å². The van der Waals surface area contributed by atoms with Crippen LogP contribution in [0.3, 0.4) is 0 Å². The predicted molar refractivity (Wildman–Crippen MR) is 240 cm³/mol. The lowest BCUT2D eigenvalue weighted by Gasteiger charge is -2.20. The first-order chi connectivity index (χ1) is 28.5. The van der Waals surface area contributed by atoms with Crippen molar-refractivity contribution in [3.8, 4) is 11.4 Å². The third-order valence-corrected chi connectivity index (χ3v) is 12.6. The minimum absolute atomic E-state index is 0.0357. The third kappa shape index (κ3) is 9.31. The minimum atomic E-state index is -2.04. The molecule has 10 nitrogen and oxygen atoms in total. The summed E-state index contributed by atoms with van der Waals surface area (Å²) in [7, 11) is 0. The molecule has 0 aliphatic carbocycles. The van der Waals surface area contributed by atoms with Crippen LogP contribution >= 0.6 is 92.7 Å². The summed E-state index contributed by atoms with van der Waals surface area (Å²) < 4.78 is 3.71. The van der Waals surface area contributed by atoms with Gasteiger partial charge in [0, 0.05) is 28.1 Å². The van der Waals surface area contributed by atoms with Crippen LogP contribution in [0.25, 0.3) is 22.0 Å². The lowest BCUT2D eigenvalue weighted by atomic mass is 9.96. The van der Waals surface area contributed by atoms with Crippen LogP contribution in [-0.2, 0) is 18.9 Å². The van der Waals surface area contributed by atoms with Gasteiger partial charge in [-0.3, -0.25) is 19.0 Å². The van der Waals surface area contributed by atoms with Crippen LogP contribution in [0.5, 0.6) is 0 Å². The van der Waals surface area contributed by atoms with Crippen molar-refractivity contribution in [2.75, 3.05) is 18.1 Å². The lowest BCUT2D eigenvalue weighted by Crippen LogP contribution is -2.36.